The molecule has 2 aromatic carbocycles. The molecule has 0 saturated heterocycles. The maximum Gasteiger partial charge on any atom is 0.108 e. The van der Waals surface area contributed by atoms with Crippen molar-refractivity contribution in [1.29, 1.82) is 0 Å². The summed E-state index contributed by atoms with van der Waals surface area (Å²) in [5.74, 6) is 0. The summed E-state index contributed by atoms with van der Waals surface area (Å²) < 4.78 is 6.37. The van der Waals surface area contributed by atoms with Crippen LogP contribution in [-0.2, 0) is 4.74 Å². The fourth-order valence-corrected chi connectivity index (χ4v) is 3.05. The molecule has 23 heavy (non-hydrogen) atoms. The second-order valence-corrected chi connectivity index (χ2v) is 5.99. The quantitative estimate of drug-likeness (QED) is 0.697. The molecular formula is C21H29NO. The minimum atomic E-state index is 0.00737. The highest BCUT2D eigenvalue weighted by molar-refractivity contribution is 5.40. The van der Waals surface area contributed by atoms with Crippen LogP contribution < -0.4 is 0 Å². The van der Waals surface area contributed by atoms with E-state index in [0.717, 1.165) is 26.2 Å². The molecule has 2 aromatic rings. The van der Waals surface area contributed by atoms with Crippen LogP contribution in [0.1, 0.15) is 42.2 Å². The van der Waals surface area contributed by atoms with Gasteiger partial charge in [-0.05, 0) is 49.2 Å². The second kappa shape index (κ2) is 8.85. The first-order chi connectivity index (χ1) is 11.2. The van der Waals surface area contributed by atoms with E-state index in [1.54, 1.807) is 0 Å². The molecule has 0 fully saturated rings. The topological polar surface area (TPSA) is 12.5 Å². The zero-order chi connectivity index (χ0) is 16.7. The Morgan fingerprint density at radius 2 is 1.48 bits per heavy atom. The van der Waals surface area contributed by atoms with Gasteiger partial charge >= 0.3 is 0 Å². The Balaban J connectivity index is 2.23. The van der Waals surface area contributed by atoms with Crippen LogP contribution in [0.25, 0.3) is 0 Å². The standard InChI is InChI=1S/C21H29NO/c1-5-22(6-2)15-16-23-21(19-13-8-7-9-14-19)20-17(3)11-10-12-18(20)4/h7-14,21H,5-6,15-16H2,1-4H3. The molecule has 2 nitrogen and oxygen atoms in total. The number of nitrogens with zero attached hydrogens (tertiary/aromatic N) is 1. The molecule has 1 atom stereocenters. The van der Waals surface area contributed by atoms with E-state index in [-0.39, 0.29) is 6.10 Å². The number of hydrogen-bond donors (Lipinski definition) is 0. The van der Waals surface area contributed by atoms with Crippen molar-refractivity contribution in [2.45, 2.75) is 33.8 Å². The lowest BCUT2D eigenvalue weighted by Crippen LogP contribution is -2.27. The number of hydrogen-bond acceptors (Lipinski definition) is 2. The zero-order valence-electron chi connectivity index (χ0n) is 14.9. The van der Waals surface area contributed by atoms with E-state index < -0.39 is 0 Å². The van der Waals surface area contributed by atoms with Crippen molar-refractivity contribution in [2.75, 3.05) is 26.2 Å². The first kappa shape index (κ1) is 17.7. The van der Waals surface area contributed by atoms with Gasteiger partial charge in [-0.3, -0.25) is 0 Å². The molecule has 0 bridgehead atoms. The van der Waals surface area contributed by atoms with Gasteiger partial charge in [0.1, 0.15) is 6.10 Å². The first-order valence-corrected chi connectivity index (χ1v) is 8.62. The predicted molar refractivity (Wildman–Crippen MR) is 97.9 cm³/mol. The highest BCUT2D eigenvalue weighted by atomic mass is 16.5. The zero-order valence-corrected chi connectivity index (χ0v) is 14.9. The average Bonchev–Trinajstić information content (AvgIpc) is 2.57. The van der Waals surface area contributed by atoms with Crippen molar-refractivity contribution in [3.63, 3.8) is 0 Å². The number of benzene rings is 2. The van der Waals surface area contributed by atoms with E-state index in [1.807, 2.05) is 0 Å². The van der Waals surface area contributed by atoms with Gasteiger partial charge in [-0.2, -0.15) is 0 Å². The summed E-state index contributed by atoms with van der Waals surface area (Å²) in [4.78, 5) is 2.40. The van der Waals surface area contributed by atoms with Gasteiger partial charge in [0.05, 0.1) is 6.61 Å². The van der Waals surface area contributed by atoms with Crippen molar-refractivity contribution in [2.24, 2.45) is 0 Å². The van der Waals surface area contributed by atoms with Gasteiger partial charge in [0.2, 0.25) is 0 Å². The van der Waals surface area contributed by atoms with Crippen LogP contribution in [0, 0.1) is 13.8 Å². The maximum absolute atomic E-state index is 6.37. The van der Waals surface area contributed by atoms with Crippen molar-refractivity contribution in [1.82, 2.24) is 4.90 Å². The Bertz CT molecular complexity index is 570. The van der Waals surface area contributed by atoms with Crippen LogP contribution in [0.5, 0.6) is 0 Å². The van der Waals surface area contributed by atoms with E-state index in [1.165, 1.54) is 22.3 Å². The summed E-state index contributed by atoms with van der Waals surface area (Å²) >= 11 is 0. The summed E-state index contributed by atoms with van der Waals surface area (Å²) in [5.41, 5.74) is 5.12. The highest BCUT2D eigenvalue weighted by Crippen LogP contribution is 2.30. The smallest absolute Gasteiger partial charge is 0.108 e. The monoisotopic (exact) mass is 311 g/mol. The number of ether oxygens (including phenoxy) is 1. The van der Waals surface area contributed by atoms with Gasteiger partial charge in [0.15, 0.2) is 0 Å². The average molecular weight is 311 g/mol. The van der Waals surface area contributed by atoms with Gasteiger partial charge in [0, 0.05) is 6.54 Å². The lowest BCUT2D eigenvalue weighted by molar-refractivity contribution is 0.0612. The van der Waals surface area contributed by atoms with Crippen molar-refractivity contribution in [3.8, 4) is 0 Å². The molecular weight excluding hydrogens is 282 g/mol. The molecule has 0 spiro atoms. The molecule has 124 valence electrons. The molecule has 2 heteroatoms. The van der Waals surface area contributed by atoms with Gasteiger partial charge in [0.25, 0.3) is 0 Å². The van der Waals surface area contributed by atoms with E-state index in [4.69, 9.17) is 4.74 Å². The van der Waals surface area contributed by atoms with E-state index >= 15 is 0 Å². The molecule has 0 heterocycles. The third kappa shape index (κ3) is 4.66. The lowest BCUT2D eigenvalue weighted by atomic mass is 9.93. The Kier molecular flexibility index (Phi) is 6.82. The van der Waals surface area contributed by atoms with Crippen molar-refractivity contribution >= 4 is 0 Å². The molecule has 0 aliphatic carbocycles. The van der Waals surface area contributed by atoms with Gasteiger partial charge in [-0.15, -0.1) is 0 Å². The van der Waals surface area contributed by atoms with Crippen LogP contribution in [0.15, 0.2) is 48.5 Å². The summed E-state index contributed by atoms with van der Waals surface area (Å²) in [5, 5.41) is 0. The van der Waals surface area contributed by atoms with E-state index in [2.05, 4.69) is 81.1 Å². The Hall–Kier alpha value is -1.64. The largest absolute Gasteiger partial charge is 0.367 e. The summed E-state index contributed by atoms with van der Waals surface area (Å²) in [7, 11) is 0. The fraction of sp³-hybridized carbons (Fsp3) is 0.429. The normalized spacial score (nSPS) is 12.6. The van der Waals surface area contributed by atoms with Crippen LogP contribution in [0.2, 0.25) is 0 Å². The molecule has 0 N–H and O–H groups in total. The molecule has 0 saturated carbocycles. The number of rotatable bonds is 8. The van der Waals surface area contributed by atoms with Gasteiger partial charge in [-0.1, -0.05) is 62.4 Å². The fourth-order valence-electron chi connectivity index (χ4n) is 3.05. The minimum absolute atomic E-state index is 0.00737. The Morgan fingerprint density at radius 3 is 2.04 bits per heavy atom. The van der Waals surface area contributed by atoms with Gasteiger partial charge < -0.3 is 9.64 Å². The molecule has 0 amide bonds. The molecule has 2 rings (SSSR count). The minimum Gasteiger partial charge on any atom is -0.367 e. The van der Waals surface area contributed by atoms with E-state index in [0.29, 0.717) is 0 Å². The lowest BCUT2D eigenvalue weighted by Gasteiger charge is -2.25. The van der Waals surface area contributed by atoms with Crippen molar-refractivity contribution < 1.29 is 4.74 Å². The second-order valence-electron chi connectivity index (χ2n) is 5.99. The van der Waals surface area contributed by atoms with Crippen LogP contribution in [-0.4, -0.2) is 31.1 Å². The summed E-state index contributed by atoms with van der Waals surface area (Å²) in [6.07, 6.45) is 0.00737. The van der Waals surface area contributed by atoms with Crippen LogP contribution >= 0.6 is 0 Å². The number of aryl methyl sites for hydroxylation is 2. The summed E-state index contributed by atoms with van der Waals surface area (Å²) in [6.45, 7) is 12.6. The highest BCUT2D eigenvalue weighted by Gasteiger charge is 2.19. The SMILES string of the molecule is CCN(CC)CCOC(c1ccccc1)c1c(C)cccc1C. The molecule has 0 aliphatic heterocycles. The third-order valence-corrected chi connectivity index (χ3v) is 4.49. The van der Waals surface area contributed by atoms with Crippen LogP contribution in [0.3, 0.4) is 0 Å². The molecule has 0 aliphatic rings. The number of likely N-dealkylation sites (N-methyl/N-ethyl adjacent to an activating group) is 1. The summed E-state index contributed by atoms with van der Waals surface area (Å²) in [6, 6.07) is 17.0. The van der Waals surface area contributed by atoms with Crippen LogP contribution in [0.4, 0.5) is 0 Å². The molecule has 0 radical (unpaired) electrons. The maximum atomic E-state index is 6.37. The van der Waals surface area contributed by atoms with Gasteiger partial charge in [-0.25, -0.2) is 0 Å². The first-order valence-electron chi connectivity index (χ1n) is 8.62. The van der Waals surface area contributed by atoms with E-state index in [9.17, 15) is 0 Å². The molecule has 0 aromatic heterocycles. The third-order valence-electron chi connectivity index (χ3n) is 4.49. The molecule has 1 unspecified atom stereocenters. The van der Waals surface area contributed by atoms with Crippen molar-refractivity contribution in [3.05, 3.63) is 70.8 Å². The predicted octanol–water partition coefficient (Wildman–Crippen LogP) is 4.75. The Labute approximate surface area is 141 Å². The Morgan fingerprint density at radius 1 is 0.870 bits per heavy atom.